The predicted molar refractivity (Wildman–Crippen MR) is 67.8 cm³/mol. The Morgan fingerprint density at radius 2 is 1.94 bits per heavy atom. The smallest absolute Gasteiger partial charge is 0.175 e. The molecular formula is C12H10ClNO2S. The largest absolute Gasteiger partial charge is 0.244 e. The molecule has 0 bridgehead atoms. The number of hydrogen-bond acceptors (Lipinski definition) is 3. The topological polar surface area (TPSA) is 47.0 Å². The van der Waals surface area contributed by atoms with E-state index < -0.39 is 9.84 Å². The molecule has 0 fully saturated rings. The minimum atomic E-state index is -3.21. The molecule has 0 saturated heterocycles. The second-order valence-electron chi connectivity index (χ2n) is 3.64. The van der Waals surface area contributed by atoms with Gasteiger partial charge in [-0.15, -0.1) is 0 Å². The van der Waals surface area contributed by atoms with Gasteiger partial charge in [0.05, 0.1) is 4.90 Å². The van der Waals surface area contributed by atoms with Crippen LogP contribution in [0.25, 0.3) is 11.1 Å². The second kappa shape index (κ2) is 4.47. The molecule has 17 heavy (non-hydrogen) atoms. The van der Waals surface area contributed by atoms with Crippen molar-refractivity contribution in [2.45, 2.75) is 4.90 Å². The third kappa shape index (κ3) is 2.65. The number of pyridine rings is 1. The lowest BCUT2D eigenvalue weighted by molar-refractivity contribution is 0.602. The van der Waals surface area contributed by atoms with Gasteiger partial charge in [0, 0.05) is 18.0 Å². The van der Waals surface area contributed by atoms with E-state index in [2.05, 4.69) is 4.98 Å². The molecule has 2 rings (SSSR count). The maximum atomic E-state index is 11.5. The number of nitrogens with zero attached hydrogens (tertiary/aromatic N) is 1. The van der Waals surface area contributed by atoms with Crippen LogP contribution in [0.4, 0.5) is 0 Å². The van der Waals surface area contributed by atoms with E-state index in [1.165, 1.54) is 6.26 Å². The van der Waals surface area contributed by atoms with Crippen molar-refractivity contribution in [3.05, 3.63) is 47.7 Å². The summed E-state index contributed by atoms with van der Waals surface area (Å²) in [4.78, 5) is 4.24. The molecule has 1 aromatic carbocycles. The first-order valence-corrected chi connectivity index (χ1v) is 7.16. The number of hydrogen-bond donors (Lipinski definition) is 0. The highest BCUT2D eigenvalue weighted by Gasteiger charge is 2.09. The van der Waals surface area contributed by atoms with E-state index in [-0.39, 0.29) is 4.90 Å². The van der Waals surface area contributed by atoms with Crippen LogP contribution in [0.15, 0.2) is 47.5 Å². The quantitative estimate of drug-likeness (QED) is 0.786. The van der Waals surface area contributed by atoms with Crippen LogP contribution < -0.4 is 0 Å². The van der Waals surface area contributed by atoms with Crippen LogP contribution in [0.2, 0.25) is 5.15 Å². The zero-order valence-corrected chi connectivity index (χ0v) is 10.7. The van der Waals surface area contributed by atoms with Gasteiger partial charge in [-0.3, -0.25) is 0 Å². The van der Waals surface area contributed by atoms with Crippen LogP contribution >= 0.6 is 11.6 Å². The van der Waals surface area contributed by atoms with E-state index in [4.69, 9.17) is 11.6 Å². The monoisotopic (exact) mass is 267 g/mol. The lowest BCUT2D eigenvalue weighted by Crippen LogP contribution is -1.97. The van der Waals surface area contributed by atoms with Crippen molar-refractivity contribution < 1.29 is 8.42 Å². The lowest BCUT2D eigenvalue weighted by atomic mass is 10.1. The van der Waals surface area contributed by atoms with Gasteiger partial charge in [0.25, 0.3) is 0 Å². The molecule has 0 aliphatic heterocycles. The molecule has 0 aliphatic rings. The molecule has 0 amide bonds. The molecule has 1 aromatic heterocycles. The SMILES string of the molecule is CS(=O)(=O)c1cccc(-c2cccnc2Cl)c1. The molecule has 0 N–H and O–H groups in total. The van der Waals surface area contributed by atoms with Gasteiger partial charge in [0.2, 0.25) is 0 Å². The molecule has 1 heterocycles. The van der Waals surface area contributed by atoms with Crippen molar-refractivity contribution in [2.75, 3.05) is 6.26 Å². The Morgan fingerprint density at radius 3 is 2.59 bits per heavy atom. The third-order valence-corrected chi connectivity index (χ3v) is 3.74. The second-order valence-corrected chi connectivity index (χ2v) is 6.02. The summed E-state index contributed by atoms with van der Waals surface area (Å²) in [6.45, 7) is 0. The van der Waals surface area contributed by atoms with Gasteiger partial charge in [-0.2, -0.15) is 0 Å². The van der Waals surface area contributed by atoms with Crippen molar-refractivity contribution >= 4 is 21.4 Å². The van der Waals surface area contributed by atoms with Crippen LogP contribution in [0, 0.1) is 0 Å². The highest BCUT2D eigenvalue weighted by atomic mass is 35.5. The van der Waals surface area contributed by atoms with Gasteiger partial charge >= 0.3 is 0 Å². The molecule has 0 unspecified atom stereocenters. The summed E-state index contributed by atoms with van der Waals surface area (Å²) in [5.74, 6) is 0. The molecule has 3 nitrogen and oxygen atoms in total. The van der Waals surface area contributed by atoms with Crippen molar-refractivity contribution in [1.82, 2.24) is 4.98 Å². The van der Waals surface area contributed by atoms with E-state index in [0.717, 1.165) is 11.1 Å². The van der Waals surface area contributed by atoms with E-state index in [1.54, 1.807) is 42.6 Å². The van der Waals surface area contributed by atoms with Crippen LogP contribution in [-0.2, 0) is 9.84 Å². The molecular weight excluding hydrogens is 258 g/mol. The van der Waals surface area contributed by atoms with Gasteiger partial charge in [-0.05, 0) is 29.8 Å². The molecule has 2 aromatic rings. The van der Waals surface area contributed by atoms with E-state index in [0.29, 0.717) is 5.15 Å². The minimum absolute atomic E-state index is 0.273. The zero-order valence-electron chi connectivity index (χ0n) is 9.09. The Balaban J connectivity index is 2.59. The third-order valence-electron chi connectivity index (χ3n) is 2.33. The Labute approximate surface area is 105 Å². The Hall–Kier alpha value is -1.39. The van der Waals surface area contributed by atoms with Crippen LogP contribution in [0.5, 0.6) is 0 Å². The average Bonchev–Trinajstić information content (AvgIpc) is 2.29. The van der Waals surface area contributed by atoms with Crippen LogP contribution in [0.1, 0.15) is 0 Å². The average molecular weight is 268 g/mol. The molecule has 0 saturated carbocycles. The Kier molecular flexibility index (Phi) is 3.17. The van der Waals surface area contributed by atoms with Gasteiger partial charge < -0.3 is 0 Å². The Morgan fingerprint density at radius 1 is 1.18 bits per heavy atom. The molecule has 88 valence electrons. The number of sulfone groups is 1. The Bertz CT molecular complexity index is 653. The summed E-state index contributed by atoms with van der Waals surface area (Å²) in [5, 5.41) is 0.359. The summed E-state index contributed by atoms with van der Waals surface area (Å²) in [5.41, 5.74) is 1.46. The molecule has 5 heteroatoms. The van der Waals surface area contributed by atoms with Crippen molar-refractivity contribution in [1.29, 1.82) is 0 Å². The normalized spacial score (nSPS) is 11.4. The lowest BCUT2D eigenvalue weighted by Gasteiger charge is -2.05. The highest BCUT2D eigenvalue weighted by molar-refractivity contribution is 7.90. The molecule has 0 spiro atoms. The summed E-state index contributed by atoms with van der Waals surface area (Å²) in [7, 11) is -3.21. The number of rotatable bonds is 2. The fourth-order valence-electron chi connectivity index (χ4n) is 1.50. The summed E-state index contributed by atoms with van der Waals surface area (Å²) < 4.78 is 22.9. The van der Waals surface area contributed by atoms with E-state index in [1.807, 2.05) is 0 Å². The summed E-state index contributed by atoms with van der Waals surface area (Å²) in [6, 6.07) is 10.2. The molecule has 0 radical (unpaired) electrons. The molecule has 0 aliphatic carbocycles. The maximum absolute atomic E-state index is 11.5. The standard InChI is InChI=1S/C12H10ClNO2S/c1-17(15,16)10-5-2-4-9(8-10)11-6-3-7-14-12(11)13/h2-8H,1H3. The van der Waals surface area contributed by atoms with Crippen LogP contribution in [0.3, 0.4) is 0 Å². The minimum Gasteiger partial charge on any atom is -0.244 e. The van der Waals surface area contributed by atoms with Gasteiger partial charge in [0.1, 0.15) is 5.15 Å². The van der Waals surface area contributed by atoms with E-state index in [9.17, 15) is 8.42 Å². The van der Waals surface area contributed by atoms with Gasteiger partial charge in [-0.25, -0.2) is 13.4 Å². The summed E-state index contributed by atoms with van der Waals surface area (Å²) >= 11 is 5.96. The van der Waals surface area contributed by atoms with Crippen molar-refractivity contribution in [2.24, 2.45) is 0 Å². The van der Waals surface area contributed by atoms with Gasteiger partial charge in [-0.1, -0.05) is 23.7 Å². The first-order chi connectivity index (χ1) is 7.98. The molecule has 0 atom stereocenters. The maximum Gasteiger partial charge on any atom is 0.175 e. The van der Waals surface area contributed by atoms with Crippen LogP contribution in [-0.4, -0.2) is 19.7 Å². The number of benzene rings is 1. The predicted octanol–water partition coefficient (Wildman–Crippen LogP) is 2.81. The first-order valence-electron chi connectivity index (χ1n) is 4.89. The number of aromatic nitrogens is 1. The van der Waals surface area contributed by atoms with E-state index >= 15 is 0 Å². The number of halogens is 1. The highest BCUT2D eigenvalue weighted by Crippen LogP contribution is 2.27. The van der Waals surface area contributed by atoms with Crippen molar-refractivity contribution in [3.8, 4) is 11.1 Å². The summed E-state index contributed by atoms with van der Waals surface area (Å²) in [6.07, 6.45) is 2.77. The first kappa shape index (κ1) is 12.1. The zero-order chi connectivity index (χ0) is 12.5. The fourth-order valence-corrected chi connectivity index (χ4v) is 2.39. The fraction of sp³-hybridized carbons (Fsp3) is 0.0833. The van der Waals surface area contributed by atoms with Crippen molar-refractivity contribution in [3.63, 3.8) is 0 Å². The van der Waals surface area contributed by atoms with Gasteiger partial charge in [0.15, 0.2) is 9.84 Å².